The van der Waals surface area contributed by atoms with Gasteiger partial charge in [-0.1, -0.05) is 24.3 Å². The van der Waals surface area contributed by atoms with Gasteiger partial charge in [0.2, 0.25) is 0 Å². The molecule has 0 aliphatic carbocycles. The Morgan fingerprint density at radius 1 is 0.837 bits per heavy atom. The largest absolute Gasteiger partial charge is 0.478 e. The van der Waals surface area contributed by atoms with E-state index in [1.807, 2.05) is 29.7 Å². The lowest BCUT2D eigenvalue weighted by Crippen LogP contribution is -2.39. The summed E-state index contributed by atoms with van der Waals surface area (Å²) in [5.41, 5.74) is 4.68. The molecule has 5 aromatic rings. The van der Waals surface area contributed by atoms with Gasteiger partial charge in [0.05, 0.1) is 33.4 Å². The zero-order chi connectivity index (χ0) is 30.7. The molecule has 0 atom stereocenters. The summed E-state index contributed by atoms with van der Waals surface area (Å²) in [6.45, 7) is 1.54. The van der Waals surface area contributed by atoms with Gasteiger partial charge in [-0.15, -0.1) is 0 Å². The van der Waals surface area contributed by atoms with E-state index in [-0.39, 0.29) is 40.3 Å². The Bertz CT molecular complexity index is 2160. The average Bonchev–Trinajstić information content (AvgIpc) is 3.27. The van der Waals surface area contributed by atoms with Gasteiger partial charge >= 0.3 is 0 Å². The van der Waals surface area contributed by atoms with E-state index in [4.69, 9.17) is 4.74 Å². The van der Waals surface area contributed by atoms with Crippen molar-refractivity contribution in [3.05, 3.63) is 96.2 Å². The molecule has 1 aliphatic rings. The molecule has 0 saturated heterocycles. The van der Waals surface area contributed by atoms with Crippen molar-refractivity contribution in [3.63, 3.8) is 0 Å². The summed E-state index contributed by atoms with van der Waals surface area (Å²) < 4.78 is 70.7. The quantitative estimate of drug-likeness (QED) is 0.267. The van der Waals surface area contributed by atoms with Crippen molar-refractivity contribution in [1.29, 1.82) is 0 Å². The van der Waals surface area contributed by atoms with Crippen LogP contribution in [0.1, 0.15) is 11.4 Å². The number of aryl methyl sites for hydroxylation is 1. The molecule has 0 fully saturated rings. The number of nitrogens with zero attached hydrogens (tertiary/aromatic N) is 3. The molecule has 220 valence electrons. The number of aromatic nitrogens is 2. The number of pyridine rings is 1. The fourth-order valence-electron chi connectivity index (χ4n) is 5.13. The van der Waals surface area contributed by atoms with E-state index >= 15 is 4.39 Å². The number of rotatable bonds is 6. The molecule has 0 N–H and O–H groups in total. The van der Waals surface area contributed by atoms with Crippen LogP contribution in [0.2, 0.25) is 0 Å². The summed E-state index contributed by atoms with van der Waals surface area (Å²) in [4.78, 5) is 19.6. The van der Waals surface area contributed by atoms with Crippen LogP contribution in [0.4, 0.5) is 10.1 Å². The Hall–Kier alpha value is -4.55. The number of amides is 1. The van der Waals surface area contributed by atoms with E-state index in [1.165, 1.54) is 23.1 Å². The van der Waals surface area contributed by atoms with Crippen molar-refractivity contribution in [1.82, 2.24) is 9.38 Å². The Labute approximate surface area is 248 Å². The zero-order valence-electron chi connectivity index (χ0n) is 23.4. The minimum absolute atomic E-state index is 0.0605. The van der Waals surface area contributed by atoms with Gasteiger partial charge in [-0.2, -0.15) is 0 Å². The molecule has 9 nitrogen and oxygen atoms in total. The van der Waals surface area contributed by atoms with Crippen LogP contribution in [-0.4, -0.2) is 51.2 Å². The third-order valence-electron chi connectivity index (χ3n) is 7.39. The summed E-state index contributed by atoms with van der Waals surface area (Å²) in [6, 6.07) is 19.3. The number of carbonyl (C=O) groups excluding carboxylic acids is 1. The van der Waals surface area contributed by atoms with Crippen LogP contribution in [0.3, 0.4) is 0 Å². The van der Waals surface area contributed by atoms with Crippen LogP contribution >= 0.6 is 0 Å². The van der Waals surface area contributed by atoms with Crippen LogP contribution < -0.4 is 9.64 Å². The van der Waals surface area contributed by atoms with Crippen LogP contribution in [-0.2, 0) is 31.0 Å². The molecule has 0 radical (unpaired) electrons. The Morgan fingerprint density at radius 3 is 2.23 bits per heavy atom. The molecule has 0 bridgehead atoms. The fourth-order valence-corrected chi connectivity index (χ4v) is 6.43. The predicted octanol–water partition coefficient (Wildman–Crippen LogP) is 4.85. The van der Waals surface area contributed by atoms with E-state index < -0.39 is 25.5 Å². The smallest absolute Gasteiger partial charge is 0.265 e. The number of carbonyl (C=O) groups is 1. The molecule has 3 aromatic carbocycles. The van der Waals surface area contributed by atoms with Crippen molar-refractivity contribution in [2.45, 2.75) is 23.3 Å². The van der Waals surface area contributed by atoms with Gasteiger partial charge in [-0.3, -0.25) is 9.69 Å². The highest BCUT2D eigenvalue weighted by molar-refractivity contribution is 7.91. The molecule has 1 aliphatic heterocycles. The van der Waals surface area contributed by atoms with E-state index in [2.05, 4.69) is 4.98 Å². The first-order chi connectivity index (χ1) is 20.3. The number of hydrogen-bond acceptors (Lipinski definition) is 7. The number of halogens is 1. The van der Waals surface area contributed by atoms with Crippen molar-refractivity contribution in [3.8, 4) is 28.0 Å². The van der Waals surface area contributed by atoms with Gasteiger partial charge in [0.1, 0.15) is 5.65 Å². The number of anilines is 1. The van der Waals surface area contributed by atoms with Gasteiger partial charge < -0.3 is 9.14 Å². The molecule has 0 saturated carbocycles. The predicted molar refractivity (Wildman–Crippen MR) is 160 cm³/mol. The number of benzene rings is 3. The van der Waals surface area contributed by atoms with Crippen LogP contribution in [0.15, 0.2) is 88.8 Å². The maximum absolute atomic E-state index is 15.4. The second-order valence-corrected chi connectivity index (χ2v) is 14.5. The molecule has 43 heavy (non-hydrogen) atoms. The maximum atomic E-state index is 15.4. The SMILES string of the molecule is Cc1nc2ccc(-c3ccc(S(C)(=O)=O)cc3)cn2c1CN1C(=O)COc2c(F)cc(-c3cccc(S(C)(=O)=O)c3)cc21. The highest BCUT2D eigenvalue weighted by Gasteiger charge is 2.30. The second-order valence-electron chi connectivity index (χ2n) is 10.5. The number of sulfone groups is 2. The summed E-state index contributed by atoms with van der Waals surface area (Å²) in [5, 5.41) is 0. The van der Waals surface area contributed by atoms with E-state index in [9.17, 15) is 21.6 Å². The third kappa shape index (κ3) is 5.39. The molecule has 2 aromatic heterocycles. The zero-order valence-corrected chi connectivity index (χ0v) is 25.0. The number of ether oxygens (including phenoxy) is 1. The lowest BCUT2D eigenvalue weighted by molar-refractivity contribution is -0.121. The first-order valence-corrected chi connectivity index (χ1v) is 16.9. The third-order valence-corrected chi connectivity index (χ3v) is 9.63. The van der Waals surface area contributed by atoms with Crippen molar-refractivity contribution >= 4 is 36.9 Å². The monoisotopic (exact) mass is 619 g/mol. The maximum Gasteiger partial charge on any atom is 0.265 e. The second kappa shape index (κ2) is 10.3. The Kier molecular flexibility index (Phi) is 6.85. The van der Waals surface area contributed by atoms with Gasteiger partial charge in [-0.05, 0) is 77.7 Å². The first kappa shape index (κ1) is 28.6. The topological polar surface area (TPSA) is 115 Å². The van der Waals surface area contributed by atoms with E-state index in [0.717, 1.165) is 23.6 Å². The molecular formula is C31H26FN3O6S2. The van der Waals surface area contributed by atoms with Crippen LogP contribution in [0.5, 0.6) is 5.75 Å². The van der Waals surface area contributed by atoms with E-state index in [1.54, 1.807) is 42.5 Å². The van der Waals surface area contributed by atoms with Gasteiger partial charge in [-0.25, -0.2) is 26.2 Å². The molecule has 0 spiro atoms. The summed E-state index contributed by atoms with van der Waals surface area (Å²) in [5.74, 6) is -1.12. The van der Waals surface area contributed by atoms with Gasteiger partial charge in [0, 0.05) is 18.7 Å². The van der Waals surface area contributed by atoms with Crippen LogP contribution in [0, 0.1) is 12.7 Å². The lowest BCUT2D eigenvalue weighted by atomic mass is 10.0. The molecular weight excluding hydrogens is 593 g/mol. The minimum Gasteiger partial charge on any atom is -0.478 e. The fraction of sp³-hybridized carbons (Fsp3) is 0.161. The van der Waals surface area contributed by atoms with Gasteiger partial charge in [0.15, 0.2) is 37.8 Å². The number of imidazole rings is 1. The molecule has 0 unspecified atom stereocenters. The summed E-state index contributed by atoms with van der Waals surface area (Å²) in [7, 11) is -6.83. The van der Waals surface area contributed by atoms with Crippen LogP contribution in [0.25, 0.3) is 27.9 Å². The normalized spacial score (nSPS) is 13.7. The summed E-state index contributed by atoms with van der Waals surface area (Å²) >= 11 is 0. The minimum atomic E-state index is -3.49. The number of fused-ring (bicyclic) bond motifs is 2. The molecule has 6 rings (SSSR count). The Balaban J connectivity index is 1.41. The van der Waals surface area contributed by atoms with Crippen molar-refractivity contribution in [2.75, 3.05) is 24.0 Å². The van der Waals surface area contributed by atoms with Crippen molar-refractivity contribution < 1.29 is 30.8 Å². The average molecular weight is 620 g/mol. The lowest BCUT2D eigenvalue weighted by Gasteiger charge is -2.30. The first-order valence-electron chi connectivity index (χ1n) is 13.1. The molecule has 1 amide bonds. The van der Waals surface area contributed by atoms with Gasteiger partial charge in [0.25, 0.3) is 5.91 Å². The highest BCUT2D eigenvalue weighted by Crippen LogP contribution is 2.40. The Morgan fingerprint density at radius 2 is 1.53 bits per heavy atom. The molecule has 3 heterocycles. The highest BCUT2D eigenvalue weighted by atomic mass is 32.2. The van der Waals surface area contributed by atoms with Crippen molar-refractivity contribution in [2.24, 2.45) is 0 Å². The van der Waals surface area contributed by atoms with E-state index in [0.29, 0.717) is 28.2 Å². The molecule has 12 heteroatoms. The summed E-state index contributed by atoms with van der Waals surface area (Å²) in [6.07, 6.45) is 4.11. The number of hydrogen-bond donors (Lipinski definition) is 0. The standard InChI is InChI=1S/C31H26FN3O6S2/c1-19-28(34-16-22(9-12-29(34)33-19)20-7-10-24(11-8-20)42(2,37)38)17-35-27-15-23(14-26(32)31(27)41-18-30(35)36)21-5-4-6-25(13-21)43(3,39)40/h4-16H,17-18H2,1-3H3.